The van der Waals surface area contributed by atoms with Crippen LogP contribution >= 0.6 is 0 Å². The molecule has 0 unspecified atom stereocenters. The second-order valence-electron chi connectivity index (χ2n) is 2.08. The van der Waals surface area contributed by atoms with Crippen LogP contribution in [0.15, 0.2) is 11.0 Å². The lowest BCUT2D eigenvalue weighted by atomic mass is 10.2. The van der Waals surface area contributed by atoms with Gasteiger partial charge in [0.2, 0.25) is 0 Å². The summed E-state index contributed by atoms with van der Waals surface area (Å²) in [5.74, 6) is -0.263. The topological polar surface area (TPSA) is 88.8 Å². The van der Waals surface area contributed by atoms with E-state index < -0.39 is 5.56 Å². The molecule has 1 rings (SSSR count). The molecule has 0 aliphatic heterocycles. The van der Waals surface area contributed by atoms with Gasteiger partial charge in [-0.25, -0.2) is 5.10 Å². The van der Waals surface area contributed by atoms with Crippen LogP contribution < -0.4 is 11.3 Å². The van der Waals surface area contributed by atoms with E-state index in [1.807, 2.05) is 0 Å². The zero-order valence-corrected chi connectivity index (χ0v) is 5.92. The van der Waals surface area contributed by atoms with Crippen molar-refractivity contribution in [3.63, 3.8) is 0 Å². The van der Waals surface area contributed by atoms with Crippen molar-refractivity contribution in [1.29, 1.82) is 0 Å². The number of carbonyl (C=O) groups excluding carboxylic acids is 1. The van der Waals surface area contributed by atoms with Crippen LogP contribution in [0.1, 0.15) is 17.3 Å². The van der Waals surface area contributed by atoms with Crippen LogP contribution in [-0.2, 0) is 0 Å². The van der Waals surface area contributed by atoms with E-state index in [-0.39, 0.29) is 17.0 Å². The molecule has 0 spiro atoms. The molecule has 0 saturated carbocycles. The fraction of sp³-hybridized carbons (Fsp3) is 0.167. The normalized spacial score (nSPS) is 9.55. The summed E-state index contributed by atoms with van der Waals surface area (Å²) in [6.07, 6.45) is 1.24. The van der Waals surface area contributed by atoms with Crippen molar-refractivity contribution in [2.75, 3.05) is 5.73 Å². The Hall–Kier alpha value is -1.65. The van der Waals surface area contributed by atoms with E-state index in [2.05, 4.69) is 10.2 Å². The van der Waals surface area contributed by atoms with Crippen molar-refractivity contribution in [1.82, 2.24) is 10.2 Å². The predicted octanol–water partition coefficient (Wildman–Crippen LogP) is -0.445. The highest BCUT2D eigenvalue weighted by atomic mass is 16.1. The van der Waals surface area contributed by atoms with E-state index >= 15 is 0 Å². The highest BCUT2D eigenvalue weighted by molar-refractivity contribution is 5.98. The number of ketones is 1. The number of anilines is 1. The number of nitrogens with two attached hydrogens (primary N) is 1. The van der Waals surface area contributed by atoms with E-state index in [0.29, 0.717) is 0 Å². The highest BCUT2D eigenvalue weighted by Crippen LogP contribution is 2.02. The molecule has 5 heteroatoms. The van der Waals surface area contributed by atoms with Crippen LogP contribution in [0.4, 0.5) is 5.69 Å². The molecule has 1 aromatic heterocycles. The molecule has 0 aromatic carbocycles. The maximum absolute atomic E-state index is 10.7. The van der Waals surface area contributed by atoms with E-state index in [1.165, 1.54) is 13.1 Å². The number of Topliss-reactive ketones (excluding diaryl/α,β-unsaturated/α-hetero) is 1. The third-order valence-corrected chi connectivity index (χ3v) is 1.27. The number of nitrogens with zero attached hydrogens (tertiary/aromatic N) is 1. The summed E-state index contributed by atoms with van der Waals surface area (Å²) in [4.78, 5) is 21.5. The zero-order chi connectivity index (χ0) is 8.43. The third-order valence-electron chi connectivity index (χ3n) is 1.27. The van der Waals surface area contributed by atoms with Crippen molar-refractivity contribution < 1.29 is 4.79 Å². The number of hydrogen-bond donors (Lipinski definition) is 2. The van der Waals surface area contributed by atoms with Crippen molar-refractivity contribution >= 4 is 11.5 Å². The number of carbonyl (C=O) groups is 1. The van der Waals surface area contributed by atoms with E-state index in [1.54, 1.807) is 0 Å². The smallest absolute Gasteiger partial charge is 0.288 e. The predicted molar refractivity (Wildman–Crippen MR) is 39.3 cm³/mol. The molecule has 0 aliphatic carbocycles. The fourth-order valence-electron chi connectivity index (χ4n) is 0.688. The van der Waals surface area contributed by atoms with Crippen LogP contribution in [-0.4, -0.2) is 16.0 Å². The van der Waals surface area contributed by atoms with E-state index in [9.17, 15) is 9.59 Å². The summed E-state index contributed by atoms with van der Waals surface area (Å²) in [6, 6.07) is 0. The first-order valence-corrected chi connectivity index (χ1v) is 2.97. The van der Waals surface area contributed by atoms with Gasteiger partial charge in [-0.15, -0.1) is 0 Å². The molecule has 0 radical (unpaired) electrons. The molecular weight excluding hydrogens is 146 g/mol. The van der Waals surface area contributed by atoms with Gasteiger partial charge in [0.05, 0.1) is 11.8 Å². The van der Waals surface area contributed by atoms with Crippen LogP contribution in [0.2, 0.25) is 0 Å². The maximum Gasteiger partial charge on any atom is 0.288 e. The Morgan fingerprint density at radius 1 is 1.73 bits per heavy atom. The quantitative estimate of drug-likeness (QED) is 0.535. The van der Waals surface area contributed by atoms with Crippen LogP contribution in [0.25, 0.3) is 0 Å². The Morgan fingerprint density at radius 2 is 2.36 bits per heavy atom. The van der Waals surface area contributed by atoms with Crippen molar-refractivity contribution in [3.8, 4) is 0 Å². The minimum absolute atomic E-state index is 0.0764. The minimum Gasteiger partial charge on any atom is -0.394 e. The number of nitrogen functional groups attached to an aromatic ring is 1. The number of hydrogen-bond acceptors (Lipinski definition) is 4. The lowest BCUT2D eigenvalue weighted by Gasteiger charge is -1.96. The molecule has 5 nitrogen and oxygen atoms in total. The Kier molecular flexibility index (Phi) is 1.72. The molecule has 3 N–H and O–H groups in total. The van der Waals surface area contributed by atoms with Gasteiger partial charge in [0.1, 0.15) is 5.69 Å². The molecular formula is C6H7N3O2. The van der Waals surface area contributed by atoms with Gasteiger partial charge < -0.3 is 5.73 Å². The number of aromatic nitrogens is 2. The Bertz CT molecular complexity index is 342. The average molecular weight is 153 g/mol. The first-order valence-electron chi connectivity index (χ1n) is 2.97. The summed E-state index contributed by atoms with van der Waals surface area (Å²) in [5.41, 5.74) is 4.83. The van der Waals surface area contributed by atoms with Gasteiger partial charge in [0.25, 0.3) is 5.56 Å². The fourth-order valence-corrected chi connectivity index (χ4v) is 0.688. The molecule has 11 heavy (non-hydrogen) atoms. The standard InChI is InChI=1S/C6H7N3O2/c1-3(10)4-2-8-9-6(11)5(4)7/h2H,1H3,(H2,7,8)(H,9,11). The summed E-state index contributed by atoms with van der Waals surface area (Å²) < 4.78 is 0. The second-order valence-corrected chi connectivity index (χ2v) is 2.08. The van der Waals surface area contributed by atoms with Gasteiger partial charge in [0.15, 0.2) is 5.78 Å². The molecule has 0 atom stereocenters. The molecule has 0 amide bonds. The Balaban J connectivity index is 3.39. The zero-order valence-electron chi connectivity index (χ0n) is 5.92. The summed E-state index contributed by atoms with van der Waals surface area (Å²) in [7, 11) is 0. The SMILES string of the molecule is CC(=O)c1cn[nH]c(=O)c1N. The molecule has 1 aromatic rings. The first kappa shape index (κ1) is 7.46. The van der Waals surface area contributed by atoms with Crippen LogP contribution in [0.5, 0.6) is 0 Å². The van der Waals surface area contributed by atoms with Gasteiger partial charge >= 0.3 is 0 Å². The van der Waals surface area contributed by atoms with E-state index in [0.717, 1.165) is 0 Å². The van der Waals surface area contributed by atoms with Crippen molar-refractivity contribution in [2.45, 2.75) is 6.92 Å². The Morgan fingerprint density at radius 3 is 2.82 bits per heavy atom. The largest absolute Gasteiger partial charge is 0.394 e. The molecule has 0 bridgehead atoms. The monoisotopic (exact) mass is 153 g/mol. The van der Waals surface area contributed by atoms with Crippen LogP contribution in [0, 0.1) is 0 Å². The van der Waals surface area contributed by atoms with Gasteiger partial charge in [0, 0.05) is 0 Å². The maximum atomic E-state index is 10.7. The molecule has 1 heterocycles. The van der Waals surface area contributed by atoms with E-state index in [4.69, 9.17) is 5.73 Å². The highest BCUT2D eigenvalue weighted by Gasteiger charge is 2.06. The average Bonchev–Trinajstić information content (AvgIpc) is 1.94. The minimum atomic E-state index is -0.530. The molecule has 58 valence electrons. The summed E-state index contributed by atoms with van der Waals surface area (Å²) in [5, 5.41) is 5.54. The summed E-state index contributed by atoms with van der Waals surface area (Å²) in [6.45, 7) is 1.33. The number of nitrogens with one attached hydrogen (secondary N) is 1. The van der Waals surface area contributed by atoms with Gasteiger partial charge in [-0.1, -0.05) is 0 Å². The second kappa shape index (κ2) is 2.53. The lowest BCUT2D eigenvalue weighted by molar-refractivity contribution is 0.101. The lowest BCUT2D eigenvalue weighted by Crippen LogP contribution is -2.17. The van der Waals surface area contributed by atoms with Crippen molar-refractivity contribution in [3.05, 3.63) is 22.1 Å². The molecule has 0 saturated heterocycles. The number of H-pyrrole nitrogens is 1. The molecule has 0 aliphatic rings. The number of rotatable bonds is 1. The van der Waals surface area contributed by atoms with Crippen molar-refractivity contribution in [2.24, 2.45) is 0 Å². The van der Waals surface area contributed by atoms with Gasteiger partial charge in [-0.3, -0.25) is 9.59 Å². The molecule has 0 fully saturated rings. The van der Waals surface area contributed by atoms with Gasteiger partial charge in [-0.2, -0.15) is 5.10 Å². The van der Waals surface area contributed by atoms with Crippen LogP contribution in [0.3, 0.4) is 0 Å². The third kappa shape index (κ3) is 1.26. The van der Waals surface area contributed by atoms with Gasteiger partial charge in [-0.05, 0) is 6.92 Å². The summed E-state index contributed by atoms with van der Waals surface area (Å²) >= 11 is 0. The first-order chi connectivity index (χ1) is 5.13. The number of aromatic amines is 1. The Labute approximate surface area is 62.2 Å².